The van der Waals surface area contributed by atoms with Crippen molar-refractivity contribution in [3.63, 3.8) is 0 Å². The van der Waals surface area contributed by atoms with E-state index >= 15 is 0 Å². The molecule has 2 amide bonds. The minimum absolute atomic E-state index is 0.0408. The second-order valence-electron chi connectivity index (χ2n) is 11.7. The van der Waals surface area contributed by atoms with Gasteiger partial charge in [-0.2, -0.15) is 0 Å². The number of hydrogen-bond donors (Lipinski definition) is 2. The van der Waals surface area contributed by atoms with Crippen LogP contribution in [0.4, 0.5) is 10.5 Å². The number of allylic oxidation sites excluding steroid dienone is 3. The summed E-state index contributed by atoms with van der Waals surface area (Å²) in [5.41, 5.74) is -1.68. The van der Waals surface area contributed by atoms with Crippen molar-refractivity contribution in [3.05, 3.63) is 46.5 Å². The lowest BCUT2D eigenvalue weighted by Gasteiger charge is -2.59. The number of benzene rings is 1. The zero-order chi connectivity index (χ0) is 31.0. The number of rotatable bonds is 3. The zero-order valence-corrected chi connectivity index (χ0v) is 25.7. The summed E-state index contributed by atoms with van der Waals surface area (Å²) >= 11 is 6.64. The summed E-state index contributed by atoms with van der Waals surface area (Å²) in [5.74, 6) is -0.530. The van der Waals surface area contributed by atoms with E-state index in [-0.39, 0.29) is 30.2 Å². The SMILES string of the molecule is COc1cc2cc(c1Cl)N(C)C(=O)CC(OC(C)=O)C1(C)CC(C)(O1)C1C[C@](O)(NC(=O)O1)[C@@H](OC)/C=C/C=C(\C)C2. The van der Waals surface area contributed by atoms with E-state index in [2.05, 4.69) is 5.32 Å². The molecule has 4 heterocycles. The lowest BCUT2D eigenvalue weighted by molar-refractivity contribution is -0.328. The predicted molar refractivity (Wildman–Crippen MR) is 154 cm³/mol. The number of anilines is 1. The number of carbonyl (C=O) groups is 3. The molecular weight excluding hydrogens is 568 g/mol. The summed E-state index contributed by atoms with van der Waals surface area (Å²) < 4.78 is 28.6. The second kappa shape index (κ2) is 11.9. The van der Waals surface area contributed by atoms with Crippen LogP contribution in [0.1, 0.15) is 52.5 Å². The number of alkyl carbamates (subject to hydrolysis) is 1. The number of ether oxygens (including phenoxy) is 5. The number of carbonyl (C=O) groups excluding carboxylic acids is 3. The molecular formula is C30H39ClN2O9. The minimum atomic E-state index is -1.79. The maximum atomic E-state index is 13.6. The third-order valence-corrected chi connectivity index (χ3v) is 8.55. The maximum absolute atomic E-state index is 13.6. The standard InChI is InChI=1S/C30H39ClN2O9/c1-17-9-8-10-22(39-7)30(37)15-24(41-27(36)32-30)29(4)16-28(3,42-29)23(40-18(2)34)14-25(35)33(5)20-12-19(11-17)13-21(38-6)26(20)31/h8-10,12-13,22-24,37H,11,14-16H2,1-7H3,(H,32,36)/b10-8+,17-9+/t22-,23?,24?,28?,29?,30+/m0/s1. The van der Waals surface area contributed by atoms with Crippen LogP contribution >= 0.6 is 11.6 Å². The van der Waals surface area contributed by atoms with Gasteiger partial charge in [0.15, 0.2) is 5.72 Å². The fraction of sp³-hybridized carbons (Fsp3) is 0.567. The minimum Gasteiger partial charge on any atom is -0.495 e. The van der Waals surface area contributed by atoms with Gasteiger partial charge in [0.05, 0.1) is 19.2 Å². The quantitative estimate of drug-likeness (QED) is 0.493. The Morgan fingerprint density at radius 2 is 1.90 bits per heavy atom. The summed E-state index contributed by atoms with van der Waals surface area (Å²) in [7, 11) is 4.53. The Morgan fingerprint density at radius 1 is 1.21 bits per heavy atom. The molecule has 0 aromatic heterocycles. The third kappa shape index (κ3) is 6.29. The molecule has 0 aliphatic carbocycles. The van der Waals surface area contributed by atoms with Gasteiger partial charge in [0, 0.05) is 33.9 Å². The van der Waals surface area contributed by atoms with Crippen LogP contribution in [0.3, 0.4) is 0 Å². The molecule has 4 unspecified atom stereocenters. The van der Waals surface area contributed by atoms with Crippen LogP contribution in [0, 0.1) is 0 Å². The maximum Gasteiger partial charge on any atom is 0.409 e. The van der Waals surface area contributed by atoms with E-state index in [0.29, 0.717) is 17.9 Å². The Hall–Kier alpha value is -3.12. The topological polar surface area (TPSA) is 133 Å². The fourth-order valence-electron chi connectivity index (χ4n) is 6.10. The average molecular weight is 607 g/mol. The van der Waals surface area contributed by atoms with Gasteiger partial charge < -0.3 is 33.7 Å². The molecule has 0 saturated carbocycles. The average Bonchev–Trinajstić information content (AvgIpc) is 2.88. The van der Waals surface area contributed by atoms with Crippen LogP contribution in [0.2, 0.25) is 5.02 Å². The smallest absolute Gasteiger partial charge is 0.409 e. The van der Waals surface area contributed by atoms with E-state index in [9.17, 15) is 19.5 Å². The number of methoxy groups -OCH3 is 2. The van der Waals surface area contributed by atoms with Crippen molar-refractivity contribution < 1.29 is 43.2 Å². The Kier molecular flexibility index (Phi) is 8.99. The van der Waals surface area contributed by atoms with Crippen molar-refractivity contribution >= 4 is 35.3 Å². The number of fused-ring (bicyclic) bond motifs is 6. The first kappa shape index (κ1) is 31.8. The van der Waals surface area contributed by atoms with Gasteiger partial charge in [0.1, 0.15) is 40.3 Å². The Labute approximate surface area is 250 Å². The fourth-order valence-corrected chi connectivity index (χ4v) is 6.41. The van der Waals surface area contributed by atoms with Crippen molar-refractivity contribution in [3.8, 4) is 5.75 Å². The first-order valence-corrected chi connectivity index (χ1v) is 14.1. The van der Waals surface area contributed by atoms with Crippen molar-refractivity contribution in [1.82, 2.24) is 5.32 Å². The number of aliphatic hydroxyl groups is 1. The van der Waals surface area contributed by atoms with Gasteiger partial charge in [-0.25, -0.2) is 4.79 Å². The van der Waals surface area contributed by atoms with Crippen LogP contribution in [-0.2, 0) is 35.0 Å². The molecule has 0 spiro atoms. The van der Waals surface area contributed by atoms with Gasteiger partial charge in [-0.3, -0.25) is 14.9 Å². The van der Waals surface area contributed by atoms with E-state index in [1.807, 2.05) is 19.1 Å². The van der Waals surface area contributed by atoms with E-state index in [1.165, 1.54) is 26.0 Å². The Bertz CT molecular complexity index is 1310. The number of halogens is 1. The van der Waals surface area contributed by atoms with E-state index in [1.54, 1.807) is 39.1 Å². The lowest BCUT2D eigenvalue weighted by atomic mass is 9.72. The highest BCUT2D eigenvalue weighted by Crippen LogP contribution is 2.50. The largest absolute Gasteiger partial charge is 0.495 e. The summed E-state index contributed by atoms with van der Waals surface area (Å²) in [6.07, 6.45) is 2.25. The molecule has 5 rings (SSSR count). The highest BCUT2D eigenvalue weighted by Gasteiger charge is 2.63. The van der Waals surface area contributed by atoms with Crippen LogP contribution in [0.25, 0.3) is 0 Å². The number of nitrogens with one attached hydrogen (secondary N) is 1. The first-order valence-electron chi connectivity index (χ1n) is 13.7. The molecule has 2 N–H and O–H groups in total. The van der Waals surface area contributed by atoms with Crippen molar-refractivity contribution in [2.24, 2.45) is 0 Å². The lowest BCUT2D eigenvalue weighted by Crippen LogP contribution is -2.72. The number of hydrogen-bond acceptors (Lipinski definition) is 9. The molecule has 4 aliphatic heterocycles. The van der Waals surface area contributed by atoms with Crippen molar-refractivity contribution in [1.29, 1.82) is 0 Å². The molecule has 4 aliphatic rings. The van der Waals surface area contributed by atoms with Crippen LogP contribution in [0.5, 0.6) is 5.75 Å². The Morgan fingerprint density at radius 3 is 2.52 bits per heavy atom. The van der Waals surface area contributed by atoms with Gasteiger partial charge in [0.25, 0.3) is 0 Å². The van der Waals surface area contributed by atoms with Gasteiger partial charge in [-0.05, 0) is 44.9 Å². The highest BCUT2D eigenvalue weighted by molar-refractivity contribution is 6.35. The second-order valence-corrected chi connectivity index (χ2v) is 12.0. The molecule has 12 heteroatoms. The van der Waals surface area contributed by atoms with Gasteiger partial charge >= 0.3 is 12.1 Å². The molecule has 1 aromatic carbocycles. The summed E-state index contributed by atoms with van der Waals surface area (Å²) in [6.45, 7) is 6.68. The molecule has 11 nitrogen and oxygen atoms in total. The van der Waals surface area contributed by atoms with E-state index in [0.717, 1.165) is 11.1 Å². The van der Waals surface area contributed by atoms with Crippen LogP contribution in [0.15, 0.2) is 35.9 Å². The van der Waals surface area contributed by atoms with Gasteiger partial charge in [-0.1, -0.05) is 35.4 Å². The van der Waals surface area contributed by atoms with Crippen molar-refractivity contribution in [2.75, 3.05) is 26.2 Å². The monoisotopic (exact) mass is 606 g/mol. The normalized spacial score (nSPS) is 35.6. The molecule has 2 saturated heterocycles. The Balaban J connectivity index is 1.79. The van der Waals surface area contributed by atoms with Gasteiger partial charge in [0.2, 0.25) is 5.91 Å². The predicted octanol–water partition coefficient (Wildman–Crippen LogP) is 3.83. The summed E-state index contributed by atoms with van der Waals surface area (Å²) in [6, 6.07) is 3.62. The zero-order valence-electron chi connectivity index (χ0n) is 25.0. The number of esters is 1. The molecule has 6 bridgehead atoms. The van der Waals surface area contributed by atoms with Crippen molar-refractivity contribution in [2.45, 2.75) is 88.6 Å². The molecule has 230 valence electrons. The van der Waals surface area contributed by atoms with E-state index < -0.39 is 47.3 Å². The molecule has 6 atom stereocenters. The summed E-state index contributed by atoms with van der Waals surface area (Å²) in [4.78, 5) is 39.8. The molecule has 2 fully saturated rings. The molecule has 42 heavy (non-hydrogen) atoms. The number of amides is 2. The highest BCUT2D eigenvalue weighted by atomic mass is 35.5. The van der Waals surface area contributed by atoms with Gasteiger partial charge in [-0.15, -0.1) is 0 Å². The molecule has 0 radical (unpaired) electrons. The molecule has 1 aromatic rings. The van der Waals surface area contributed by atoms with E-state index in [4.69, 9.17) is 35.3 Å². The van der Waals surface area contributed by atoms with Crippen LogP contribution < -0.4 is 15.0 Å². The third-order valence-electron chi connectivity index (χ3n) is 8.17. The first-order chi connectivity index (χ1) is 19.6. The van der Waals surface area contributed by atoms with Crippen LogP contribution in [-0.4, -0.2) is 79.6 Å². The summed E-state index contributed by atoms with van der Waals surface area (Å²) in [5, 5.41) is 14.3. The number of nitrogens with zero attached hydrogens (tertiary/aromatic N) is 1.